The molecule has 3 amide bonds. The molecule has 5 heteroatoms. The first kappa shape index (κ1) is 18.6. The van der Waals surface area contributed by atoms with Gasteiger partial charge < -0.3 is 0 Å². The molecule has 0 unspecified atom stereocenters. The van der Waals surface area contributed by atoms with Crippen LogP contribution in [0.3, 0.4) is 0 Å². The fourth-order valence-corrected chi connectivity index (χ4v) is 3.65. The van der Waals surface area contributed by atoms with Gasteiger partial charge in [0.1, 0.15) is 6.04 Å². The van der Waals surface area contributed by atoms with Crippen LogP contribution in [0.15, 0.2) is 84.9 Å². The average molecular weight is 384 g/mol. The van der Waals surface area contributed by atoms with E-state index in [0.717, 1.165) is 0 Å². The lowest BCUT2D eigenvalue weighted by Gasteiger charge is -2.40. The van der Waals surface area contributed by atoms with Crippen molar-refractivity contribution in [1.82, 2.24) is 0 Å². The summed E-state index contributed by atoms with van der Waals surface area (Å²) < 4.78 is 0. The van der Waals surface area contributed by atoms with Crippen LogP contribution in [0.1, 0.15) is 34.1 Å². The van der Waals surface area contributed by atoms with E-state index in [-0.39, 0.29) is 5.91 Å². The number of rotatable bonds is 3. The van der Waals surface area contributed by atoms with Gasteiger partial charge in [-0.3, -0.25) is 19.3 Å². The zero-order chi connectivity index (χ0) is 20.4. The third-order valence-corrected chi connectivity index (χ3v) is 5.05. The van der Waals surface area contributed by atoms with E-state index in [1.165, 1.54) is 9.80 Å². The topological polar surface area (TPSA) is 57.7 Å². The van der Waals surface area contributed by atoms with Gasteiger partial charge in [-0.1, -0.05) is 55.5 Å². The Morgan fingerprint density at radius 2 is 1.21 bits per heavy atom. The van der Waals surface area contributed by atoms with Crippen molar-refractivity contribution < 1.29 is 14.4 Å². The fourth-order valence-electron chi connectivity index (χ4n) is 3.65. The molecule has 1 atom stereocenters. The van der Waals surface area contributed by atoms with E-state index in [1.807, 2.05) is 19.1 Å². The number of carbonyl (C=O) groups is 3. The molecule has 5 nitrogen and oxygen atoms in total. The molecule has 0 saturated heterocycles. The zero-order valence-corrected chi connectivity index (χ0v) is 16.0. The first-order chi connectivity index (χ1) is 14.1. The minimum absolute atomic E-state index is 0.259. The van der Waals surface area contributed by atoms with Crippen LogP contribution < -0.4 is 9.80 Å². The summed E-state index contributed by atoms with van der Waals surface area (Å²) in [5, 5.41) is 0. The second-order valence-electron chi connectivity index (χ2n) is 6.80. The van der Waals surface area contributed by atoms with Gasteiger partial charge >= 0.3 is 0 Å². The molecule has 0 aliphatic carbocycles. The molecule has 4 rings (SSSR count). The first-order valence-electron chi connectivity index (χ1n) is 9.54. The molecule has 144 valence electrons. The summed E-state index contributed by atoms with van der Waals surface area (Å²) in [5.41, 5.74) is 1.89. The molecule has 3 aromatic rings. The van der Waals surface area contributed by atoms with E-state index in [2.05, 4.69) is 0 Å². The average Bonchev–Trinajstić information content (AvgIpc) is 2.78. The second-order valence-corrected chi connectivity index (χ2v) is 6.80. The van der Waals surface area contributed by atoms with E-state index in [4.69, 9.17) is 0 Å². The number of hydrogen-bond donors (Lipinski definition) is 0. The van der Waals surface area contributed by atoms with Crippen LogP contribution in [0, 0.1) is 0 Å². The van der Waals surface area contributed by atoms with Gasteiger partial charge in [0.2, 0.25) is 0 Å². The summed E-state index contributed by atoms with van der Waals surface area (Å²) in [7, 11) is 0. The largest absolute Gasteiger partial charge is 0.294 e. The summed E-state index contributed by atoms with van der Waals surface area (Å²) >= 11 is 0. The number of hydrogen-bond acceptors (Lipinski definition) is 3. The van der Waals surface area contributed by atoms with Crippen LogP contribution in [-0.2, 0) is 4.79 Å². The number of amides is 3. The summed E-state index contributed by atoms with van der Waals surface area (Å²) in [6.07, 6.45) is 0.393. The summed E-state index contributed by atoms with van der Waals surface area (Å²) in [4.78, 5) is 42.6. The maximum absolute atomic E-state index is 13.4. The van der Waals surface area contributed by atoms with Crippen molar-refractivity contribution in [2.45, 2.75) is 19.4 Å². The Morgan fingerprint density at radius 3 is 1.76 bits per heavy atom. The van der Waals surface area contributed by atoms with Crippen molar-refractivity contribution >= 4 is 29.1 Å². The van der Waals surface area contributed by atoms with Crippen molar-refractivity contribution in [2.24, 2.45) is 0 Å². The molecule has 1 heterocycles. The number of carbonyl (C=O) groups excluding carboxylic acids is 3. The van der Waals surface area contributed by atoms with Crippen LogP contribution in [0.2, 0.25) is 0 Å². The molecule has 0 radical (unpaired) electrons. The van der Waals surface area contributed by atoms with Gasteiger partial charge in [0, 0.05) is 11.1 Å². The van der Waals surface area contributed by atoms with Gasteiger partial charge in [-0.25, -0.2) is 4.90 Å². The molecule has 0 saturated carbocycles. The quantitative estimate of drug-likeness (QED) is 0.633. The number of para-hydroxylation sites is 2. The Morgan fingerprint density at radius 1 is 0.724 bits per heavy atom. The minimum atomic E-state index is -0.759. The highest BCUT2D eigenvalue weighted by atomic mass is 16.2. The van der Waals surface area contributed by atoms with Crippen LogP contribution in [0.25, 0.3) is 0 Å². The van der Waals surface area contributed by atoms with Gasteiger partial charge in [0.05, 0.1) is 11.4 Å². The van der Waals surface area contributed by atoms with Crippen molar-refractivity contribution in [2.75, 3.05) is 9.80 Å². The van der Waals surface area contributed by atoms with Crippen LogP contribution in [0.5, 0.6) is 0 Å². The lowest BCUT2D eigenvalue weighted by molar-refractivity contribution is -0.119. The minimum Gasteiger partial charge on any atom is -0.294 e. The highest BCUT2D eigenvalue weighted by molar-refractivity contribution is 6.28. The Balaban J connectivity index is 1.84. The molecule has 1 aliphatic heterocycles. The van der Waals surface area contributed by atoms with Gasteiger partial charge in [-0.15, -0.1) is 0 Å². The van der Waals surface area contributed by atoms with Crippen molar-refractivity contribution in [1.29, 1.82) is 0 Å². The third kappa shape index (κ3) is 3.21. The second kappa shape index (κ2) is 7.72. The maximum atomic E-state index is 13.4. The third-order valence-electron chi connectivity index (χ3n) is 5.05. The number of imide groups is 1. The number of fused-ring (bicyclic) bond motifs is 1. The van der Waals surface area contributed by atoms with Crippen molar-refractivity contribution in [3.63, 3.8) is 0 Å². The SMILES string of the molecule is CC[C@@H]1C(=O)N(C(=O)c2ccccc2)c2ccccc2N1C(=O)c1ccccc1. The Bertz CT molecular complexity index is 1060. The highest BCUT2D eigenvalue weighted by Gasteiger charge is 2.43. The molecule has 0 aromatic heterocycles. The summed E-state index contributed by atoms with van der Waals surface area (Å²) in [5.74, 6) is -1.05. The molecule has 3 aromatic carbocycles. The van der Waals surface area contributed by atoms with E-state index in [0.29, 0.717) is 28.9 Å². The molecule has 0 bridgehead atoms. The van der Waals surface area contributed by atoms with Gasteiger partial charge in [0.15, 0.2) is 0 Å². The van der Waals surface area contributed by atoms with Gasteiger partial charge in [0.25, 0.3) is 17.7 Å². The van der Waals surface area contributed by atoms with Crippen molar-refractivity contribution in [3.05, 3.63) is 96.1 Å². The molecule has 29 heavy (non-hydrogen) atoms. The summed E-state index contributed by atoms with van der Waals surface area (Å²) in [6, 6.07) is 23.8. The van der Waals surface area contributed by atoms with E-state index in [1.54, 1.807) is 72.8 Å². The fraction of sp³-hybridized carbons (Fsp3) is 0.125. The van der Waals surface area contributed by atoms with Gasteiger partial charge in [-0.2, -0.15) is 0 Å². The number of anilines is 2. The van der Waals surface area contributed by atoms with E-state index >= 15 is 0 Å². The first-order valence-corrected chi connectivity index (χ1v) is 9.54. The highest BCUT2D eigenvalue weighted by Crippen LogP contribution is 2.38. The van der Waals surface area contributed by atoms with E-state index in [9.17, 15) is 14.4 Å². The number of nitrogens with zero attached hydrogens (tertiary/aromatic N) is 2. The van der Waals surface area contributed by atoms with Crippen LogP contribution in [-0.4, -0.2) is 23.8 Å². The lowest BCUT2D eigenvalue weighted by Crippen LogP contribution is -2.57. The predicted octanol–water partition coefficient (Wildman–Crippen LogP) is 4.30. The molecular weight excluding hydrogens is 364 g/mol. The van der Waals surface area contributed by atoms with Crippen LogP contribution in [0.4, 0.5) is 11.4 Å². The Labute approximate surface area is 169 Å². The normalized spacial score (nSPS) is 15.8. The summed E-state index contributed by atoms with van der Waals surface area (Å²) in [6.45, 7) is 1.84. The monoisotopic (exact) mass is 384 g/mol. The molecular formula is C24H20N2O3. The Hall–Kier alpha value is -3.73. The van der Waals surface area contributed by atoms with Crippen molar-refractivity contribution in [3.8, 4) is 0 Å². The molecule has 0 N–H and O–H groups in total. The molecule has 0 spiro atoms. The molecule has 1 aliphatic rings. The maximum Gasteiger partial charge on any atom is 0.265 e. The smallest absolute Gasteiger partial charge is 0.265 e. The molecule has 0 fully saturated rings. The van der Waals surface area contributed by atoms with Gasteiger partial charge in [-0.05, 0) is 42.8 Å². The lowest BCUT2D eigenvalue weighted by atomic mass is 10.0. The standard InChI is InChI=1S/C24H20N2O3/c1-2-19-24(29)26(23(28)18-13-7-4-8-14-18)21-16-10-9-15-20(21)25(19)22(27)17-11-5-3-6-12-17/h3-16,19H,2H2,1H3/t19-/m1/s1. The Kier molecular flexibility index (Phi) is 4.96. The number of benzene rings is 3. The zero-order valence-electron chi connectivity index (χ0n) is 16.0. The predicted molar refractivity (Wildman–Crippen MR) is 112 cm³/mol. The van der Waals surface area contributed by atoms with E-state index < -0.39 is 17.9 Å². The van der Waals surface area contributed by atoms with Crippen LogP contribution >= 0.6 is 0 Å².